The van der Waals surface area contributed by atoms with Gasteiger partial charge in [0.2, 0.25) is 0 Å². The van der Waals surface area contributed by atoms with E-state index in [-0.39, 0.29) is 18.2 Å². The third-order valence-corrected chi connectivity index (χ3v) is 5.70. The van der Waals surface area contributed by atoms with Gasteiger partial charge in [-0.3, -0.25) is 9.48 Å². The zero-order valence-corrected chi connectivity index (χ0v) is 19.6. The number of nitrogens with one attached hydrogen (secondary N) is 1. The fourth-order valence-electron chi connectivity index (χ4n) is 3.80. The Hall–Kier alpha value is -3.87. The van der Waals surface area contributed by atoms with Crippen LogP contribution in [0, 0.1) is 34.6 Å². The normalized spacial score (nSPS) is 10.9. The molecule has 170 valence electrons. The summed E-state index contributed by atoms with van der Waals surface area (Å²) in [5.74, 6) is 0.961. The lowest BCUT2D eigenvalue weighted by Crippen LogP contribution is -2.16. The van der Waals surface area contributed by atoms with Crippen molar-refractivity contribution in [1.82, 2.24) is 14.9 Å². The van der Waals surface area contributed by atoms with Gasteiger partial charge >= 0.3 is 0 Å². The van der Waals surface area contributed by atoms with Crippen LogP contribution in [0.25, 0.3) is 0 Å². The topological polar surface area (TPSA) is 82.2 Å². The highest BCUT2D eigenvalue weighted by atomic mass is 16.5. The monoisotopic (exact) mass is 444 g/mol. The van der Waals surface area contributed by atoms with E-state index in [4.69, 9.17) is 9.26 Å². The summed E-state index contributed by atoms with van der Waals surface area (Å²) in [6.07, 6.45) is 0. The number of rotatable bonds is 7. The van der Waals surface area contributed by atoms with Gasteiger partial charge in [0.25, 0.3) is 5.91 Å². The van der Waals surface area contributed by atoms with Gasteiger partial charge in [0, 0.05) is 0 Å². The number of benzene rings is 2. The molecule has 7 heteroatoms. The molecule has 2 aromatic carbocycles. The molecule has 2 heterocycles. The van der Waals surface area contributed by atoms with E-state index in [0.717, 1.165) is 28.3 Å². The molecule has 0 radical (unpaired) electrons. The molecule has 1 amide bonds. The second-order valence-electron chi connectivity index (χ2n) is 8.27. The Bertz CT molecular complexity index is 1300. The molecule has 1 N–H and O–H groups in total. The summed E-state index contributed by atoms with van der Waals surface area (Å²) in [6.45, 7) is 10.5. The number of para-hydroxylation sites is 1. The Labute approximate surface area is 193 Å². The maximum absolute atomic E-state index is 13.1. The summed E-state index contributed by atoms with van der Waals surface area (Å²) < 4.78 is 13.2. The van der Waals surface area contributed by atoms with Crippen LogP contribution in [-0.2, 0) is 13.2 Å². The predicted molar refractivity (Wildman–Crippen MR) is 127 cm³/mol. The smallest absolute Gasteiger partial charge is 0.278 e. The molecule has 7 nitrogen and oxygen atoms in total. The molecular weight excluding hydrogens is 416 g/mol. The Balaban J connectivity index is 1.52. The van der Waals surface area contributed by atoms with Crippen molar-refractivity contribution < 1.29 is 14.1 Å². The van der Waals surface area contributed by atoms with E-state index >= 15 is 0 Å². The fraction of sp³-hybridized carbons (Fsp3) is 0.269. The molecule has 4 aromatic rings. The van der Waals surface area contributed by atoms with Crippen LogP contribution in [0.1, 0.15) is 49.9 Å². The highest BCUT2D eigenvalue weighted by Crippen LogP contribution is 2.24. The quantitative estimate of drug-likeness (QED) is 0.419. The lowest BCUT2D eigenvalue weighted by Gasteiger charge is -2.10. The van der Waals surface area contributed by atoms with Gasteiger partial charge in [-0.05, 0) is 51.8 Å². The van der Waals surface area contributed by atoms with Crippen molar-refractivity contribution in [3.63, 3.8) is 0 Å². The van der Waals surface area contributed by atoms with Crippen molar-refractivity contribution in [2.24, 2.45) is 0 Å². The highest BCUT2D eigenvalue weighted by Gasteiger charge is 2.23. The van der Waals surface area contributed by atoms with Crippen LogP contribution in [0.4, 0.5) is 5.69 Å². The summed E-state index contributed by atoms with van der Waals surface area (Å²) in [6, 6.07) is 16.0. The number of hydrogen-bond acceptors (Lipinski definition) is 5. The standard InChI is InChI=1S/C26H28N4O3/c1-16-9-8-11-21(13-16)14-30-19(4)24(18(3)28-30)27-26(31)25-22(20(5)33-29-25)15-32-23-12-7-6-10-17(23)2/h6-13H,14-15H2,1-5H3,(H,27,31). The average Bonchev–Trinajstić information content (AvgIpc) is 3.27. The molecule has 0 fully saturated rings. The van der Waals surface area contributed by atoms with E-state index in [1.807, 2.05) is 55.8 Å². The van der Waals surface area contributed by atoms with Crippen LogP contribution in [0.2, 0.25) is 0 Å². The van der Waals surface area contributed by atoms with E-state index in [9.17, 15) is 4.79 Å². The van der Waals surface area contributed by atoms with E-state index in [0.29, 0.717) is 23.6 Å². The minimum atomic E-state index is -0.350. The molecule has 0 saturated carbocycles. The van der Waals surface area contributed by atoms with Crippen molar-refractivity contribution in [3.05, 3.63) is 93.6 Å². The first-order valence-electron chi connectivity index (χ1n) is 10.9. The lowest BCUT2D eigenvalue weighted by molar-refractivity contribution is 0.101. The zero-order chi connectivity index (χ0) is 23.5. The maximum Gasteiger partial charge on any atom is 0.278 e. The van der Waals surface area contributed by atoms with Crippen LogP contribution in [-0.4, -0.2) is 20.8 Å². The van der Waals surface area contributed by atoms with E-state index in [1.165, 1.54) is 5.56 Å². The summed E-state index contributed by atoms with van der Waals surface area (Å²) in [7, 11) is 0. The van der Waals surface area contributed by atoms with Crippen LogP contribution in [0.15, 0.2) is 53.1 Å². The van der Waals surface area contributed by atoms with Crippen molar-refractivity contribution in [3.8, 4) is 5.75 Å². The molecule has 0 saturated heterocycles. The molecule has 0 bridgehead atoms. The van der Waals surface area contributed by atoms with Crippen molar-refractivity contribution in [2.45, 2.75) is 47.8 Å². The number of anilines is 1. The van der Waals surface area contributed by atoms with Gasteiger partial charge in [-0.15, -0.1) is 0 Å². The molecule has 0 atom stereocenters. The number of nitrogens with zero attached hydrogens (tertiary/aromatic N) is 3. The van der Waals surface area contributed by atoms with Gasteiger partial charge in [-0.2, -0.15) is 5.10 Å². The van der Waals surface area contributed by atoms with E-state index in [1.54, 1.807) is 6.92 Å². The van der Waals surface area contributed by atoms with Crippen molar-refractivity contribution >= 4 is 11.6 Å². The Morgan fingerprint density at radius 1 is 1.06 bits per heavy atom. The summed E-state index contributed by atoms with van der Waals surface area (Å²) in [5, 5.41) is 11.6. The van der Waals surface area contributed by atoms with Crippen LogP contribution in [0.3, 0.4) is 0 Å². The number of carbonyl (C=O) groups is 1. The van der Waals surface area contributed by atoms with Crippen LogP contribution in [0.5, 0.6) is 5.75 Å². The van der Waals surface area contributed by atoms with Gasteiger partial charge in [0.1, 0.15) is 18.1 Å². The van der Waals surface area contributed by atoms with Gasteiger partial charge in [0.05, 0.1) is 29.2 Å². The summed E-state index contributed by atoms with van der Waals surface area (Å²) in [4.78, 5) is 13.1. The molecule has 33 heavy (non-hydrogen) atoms. The van der Waals surface area contributed by atoms with Gasteiger partial charge in [0.15, 0.2) is 5.69 Å². The third-order valence-electron chi connectivity index (χ3n) is 5.70. The number of ether oxygens (including phenoxy) is 1. The summed E-state index contributed by atoms with van der Waals surface area (Å²) >= 11 is 0. The van der Waals surface area contributed by atoms with Crippen LogP contribution < -0.4 is 10.1 Å². The second kappa shape index (κ2) is 9.32. The van der Waals surface area contributed by atoms with Gasteiger partial charge < -0.3 is 14.6 Å². The largest absolute Gasteiger partial charge is 0.488 e. The number of carbonyl (C=O) groups excluding carboxylic acids is 1. The molecule has 0 aliphatic carbocycles. The number of aryl methyl sites for hydroxylation is 4. The van der Waals surface area contributed by atoms with Gasteiger partial charge in [-0.1, -0.05) is 53.2 Å². The van der Waals surface area contributed by atoms with Crippen LogP contribution >= 0.6 is 0 Å². The number of aromatic nitrogens is 3. The molecule has 2 aromatic heterocycles. The minimum Gasteiger partial charge on any atom is -0.488 e. The number of hydrogen-bond donors (Lipinski definition) is 1. The van der Waals surface area contributed by atoms with Gasteiger partial charge in [-0.25, -0.2) is 0 Å². The molecule has 0 unspecified atom stereocenters. The predicted octanol–water partition coefficient (Wildman–Crippen LogP) is 5.29. The number of amides is 1. The molecule has 0 spiro atoms. The third kappa shape index (κ3) is 4.82. The highest BCUT2D eigenvalue weighted by molar-refractivity contribution is 6.04. The first kappa shape index (κ1) is 22.3. The second-order valence-corrected chi connectivity index (χ2v) is 8.27. The molecule has 0 aliphatic rings. The minimum absolute atomic E-state index is 0.188. The van der Waals surface area contributed by atoms with E-state index < -0.39 is 0 Å². The Kier molecular flexibility index (Phi) is 6.31. The average molecular weight is 445 g/mol. The van der Waals surface area contributed by atoms with Crippen molar-refractivity contribution in [2.75, 3.05) is 5.32 Å². The SMILES string of the molecule is Cc1cccc(Cn2nc(C)c(NC(=O)c3noc(C)c3COc3ccccc3C)c2C)c1. The lowest BCUT2D eigenvalue weighted by atomic mass is 10.1. The maximum atomic E-state index is 13.1. The zero-order valence-electron chi connectivity index (χ0n) is 19.6. The first-order chi connectivity index (χ1) is 15.8. The Morgan fingerprint density at radius 3 is 2.61 bits per heavy atom. The molecule has 0 aliphatic heterocycles. The van der Waals surface area contributed by atoms with Crippen molar-refractivity contribution in [1.29, 1.82) is 0 Å². The fourth-order valence-corrected chi connectivity index (χ4v) is 3.80. The first-order valence-corrected chi connectivity index (χ1v) is 10.9. The summed E-state index contributed by atoms with van der Waals surface area (Å²) in [5.41, 5.74) is 6.51. The molecule has 4 rings (SSSR count). The molecular formula is C26H28N4O3. The van der Waals surface area contributed by atoms with E-state index in [2.05, 4.69) is 40.7 Å². The Morgan fingerprint density at radius 2 is 1.85 bits per heavy atom.